The maximum Gasteiger partial charge on any atom is 0.159 e. The quantitative estimate of drug-likeness (QED) is 0.190. The lowest BCUT2D eigenvalue weighted by atomic mass is 10.0. The number of aromatic nitrogens is 2. The molecule has 0 aliphatic heterocycles. The average molecular weight is 588 g/mol. The van der Waals surface area contributed by atoms with E-state index in [1.165, 1.54) is 21.0 Å². The molecule has 4 aromatic rings. The number of hydrogen-bond donors (Lipinski definition) is 1. The van der Waals surface area contributed by atoms with E-state index in [1.807, 2.05) is 0 Å². The van der Waals surface area contributed by atoms with Crippen LogP contribution < -0.4 is 14.8 Å². The van der Waals surface area contributed by atoms with Crippen LogP contribution in [0.4, 0.5) is 11.4 Å². The molecular formula is C32H32ClN5O3. The van der Waals surface area contributed by atoms with E-state index in [9.17, 15) is 11.4 Å². The van der Waals surface area contributed by atoms with Gasteiger partial charge in [-0.15, -0.1) is 0 Å². The Morgan fingerprint density at radius 1 is 1.27 bits per heavy atom. The van der Waals surface area contributed by atoms with Gasteiger partial charge in [-0.2, -0.15) is 5.26 Å². The van der Waals surface area contributed by atoms with Gasteiger partial charge in [-0.1, -0.05) is 23.7 Å². The van der Waals surface area contributed by atoms with Gasteiger partial charge in [0, 0.05) is 54.3 Å². The third kappa shape index (κ3) is 7.82. The zero-order chi connectivity index (χ0) is 45.0. The minimum atomic E-state index is -3.60. The van der Waals surface area contributed by atoms with Gasteiger partial charge in [0.05, 0.1) is 51.9 Å². The van der Waals surface area contributed by atoms with Crippen molar-refractivity contribution in [3.8, 4) is 17.6 Å². The lowest BCUT2D eigenvalue weighted by Crippen LogP contribution is -2.11. The van der Waals surface area contributed by atoms with Gasteiger partial charge in [-0.3, -0.25) is 14.8 Å². The Hall–Kier alpha value is -4.45. The molecule has 2 heterocycles. The van der Waals surface area contributed by atoms with Gasteiger partial charge in [-0.05, 0) is 70.2 Å². The normalized spacial score (nSPS) is 18.9. The summed E-state index contributed by atoms with van der Waals surface area (Å²) in [4.78, 5) is 22.3. The van der Waals surface area contributed by atoms with Crippen LogP contribution >= 0.6 is 11.6 Å². The highest BCUT2D eigenvalue weighted by atomic mass is 35.5. The van der Waals surface area contributed by atoms with Crippen molar-refractivity contribution in [2.45, 2.75) is 26.8 Å². The molecule has 1 N–H and O–H groups in total. The van der Waals surface area contributed by atoms with Gasteiger partial charge >= 0.3 is 0 Å². The van der Waals surface area contributed by atoms with Crippen LogP contribution in [0.25, 0.3) is 10.9 Å². The molecule has 8 nitrogen and oxygen atoms in total. The molecule has 0 unspecified atom stereocenters. The number of pyridine rings is 2. The van der Waals surface area contributed by atoms with E-state index in [2.05, 4.69) is 15.3 Å². The summed E-state index contributed by atoms with van der Waals surface area (Å²) in [5, 5.41) is 11.5. The SMILES string of the molecule is [2H]/C(C(=O)Cc1c(OC([2H])([2H])C([2H])([2H])[2H])c([2H])c2nc([2H])c(C#N)c(Nc3c([2H])c([2H])c(OCc4nc(C)c([2H])c([2H])c4[2H])c(Cl)c3[2H])c2c1[2H])=C(/[2H])C([2H])([2H])N(C)C. The summed E-state index contributed by atoms with van der Waals surface area (Å²) in [6.07, 6.45) is -2.09. The highest BCUT2D eigenvalue weighted by Gasteiger charge is 2.16. The van der Waals surface area contributed by atoms with E-state index in [1.54, 1.807) is 6.07 Å². The van der Waals surface area contributed by atoms with Gasteiger partial charge < -0.3 is 19.7 Å². The maximum atomic E-state index is 13.5. The van der Waals surface area contributed by atoms with Crippen molar-refractivity contribution in [3.63, 3.8) is 0 Å². The second-order valence-electron chi connectivity index (χ2n) is 8.25. The fourth-order valence-corrected chi connectivity index (χ4v) is 3.47. The van der Waals surface area contributed by atoms with Gasteiger partial charge in [0.15, 0.2) is 5.78 Å². The van der Waals surface area contributed by atoms with Crippen molar-refractivity contribution in [2.75, 3.05) is 32.5 Å². The van der Waals surface area contributed by atoms with E-state index >= 15 is 0 Å². The predicted molar refractivity (Wildman–Crippen MR) is 162 cm³/mol. The summed E-state index contributed by atoms with van der Waals surface area (Å²) >= 11 is 6.45. The first-order chi connectivity index (χ1) is 27.0. The predicted octanol–water partition coefficient (Wildman–Crippen LogP) is 6.41. The molecule has 2 aromatic heterocycles. The molecule has 0 bridgehead atoms. The number of carbonyl (C=O) groups excluding carboxylic acids is 1. The second-order valence-corrected chi connectivity index (χ2v) is 8.63. The number of likely N-dealkylation sites (N-methyl/N-ethyl adjacent to an activating group) is 1. The smallest absolute Gasteiger partial charge is 0.159 e. The molecule has 0 aliphatic rings. The van der Waals surface area contributed by atoms with E-state index in [4.69, 9.17) is 44.4 Å². The Balaban J connectivity index is 2.01. The molecule has 210 valence electrons. The summed E-state index contributed by atoms with van der Waals surface area (Å²) in [6.45, 7) is -8.94. The number of carbonyl (C=O) groups is 1. The molecule has 0 fully saturated rings. The molecule has 4 rings (SSSR count). The van der Waals surface area contributed by atoms with Crippen LogP contribution in [0, 0.1) is 18.3 Å². The summed E-state index contributed by atoms with van der Waals surface area (Å²) in [5.74, 6) is -2.97. The van der Waals surface area contributed by atoms with Crippen molar-refractivity contribution in [2.24, 2.45) is 0 Å². The van der Waals surface area contributed by atoms with E-state index < -0.39 is 149 Å². The summed E-state index contributed by atoms with van der Waals surface area (Å²) in [7, 11) is 2.45. The lowest BCUT2D eigenvalue weighted by molar-refractivity contribution is -0.114. The fraction of sp³-hybridized carbons (Fsp3) is 0.250. The molecule has 0 spiro atoms. The zero-order valence-electron chi connectivity index (χ0n) is 39.8. The second kappa shape index (κ2) is 13.8. The first kappa shape index (κ1) is 13.9. The number of benzene rings is 2. The number of aryl methyl sites for hydroxylation is 1. The Bertz CT molecular complexity index is 2460. The third-order valence-corrected chi connectivity index (χ3v) is 5.24. The Morgan fingerprint density at radius 2 is 2.12 bits per heavy atom. The van der Waals surface area contributed by atoms with Crippen molar-refractivity contribution in [1.29, 1.82) is 5.26 Å². The minimum absolute atomic E-state index is 0.104. The van der Waals surface area contributed by atoms with Crippen LogP contribution in [0.2, 0.25) is 5.02 Å². The Labute approximate surface area is 270 Å². The zero-order valence-corrected chi connectivity index (χ0v) is 22.6. The molecule has 0 atom stereocenters. The van der Waals surface area contributed by atoms with E-state index in [0.29, 0.717) is 0 Å². The van der Waals surface area contributed by atoms with Gasteiger partial charge in [0.2, 0.25) is 0 Å². The van der Waals surface area contributed by atoms with E-state index in [0.717, 1.165) is 4.90 Å². The number of nitriles is 1. The monoisotopic (exact) mass is 587 g/mol. The first-order valence-electron chi connectivity index (χ1n) is 20.6. The molecule has 0 radical (unpaired) electrons. The maximum absolute atomic E-state index is 13.5. The summed E-state index contributed by atoms with van der Waals surface area (Å²) in [6, 6.07) is -6.13. The number of halogens is 1. The number of hydrogen-bond acceptors (Lipinski definition) is 8. The molecule has 41 heavy (non-hydrogen) atoms. The number of nitrogens with zero attached hydrogens (tertiary/aromatic N) is 4. The standard InChI is InChI=1S/C32H32ClN5O3/c1-5-40-31-17-29-27(15-22(31)14-26(39)10-7-13-38(3)4)32(23(18-34)19-35-29)37-24-11-12-30(28(33)16-24)41-20-25-9-6-8-21(2)36-25/h6-12,15-17,19H,5,13-14,20H2,1-4H3,(H,35,37)/b10-7+/i1D3,5D2,6D,7D,8D,9D,10D,11D,12D,13D2,15D,16D,17D,19D. The highest BCUT2D eigenvalue weighted by Crippen LogP contribution is 2.36. The minimum Gasteiger partial charge on any atom is -0.494 e. The van der Waals surface area contributed by atoms with Crippen LogP contribution in [-0.4, -0.2) is 47.8 Å². The van der Waals surface area contributed by atoms with Crippen molar-refractivity contribution >= 4 is 39.7 Å². The fourth-order valence-electron chi connectivity index (χ4n) is 3.27. The van der Waals surface area contributed by atoms with Gasteiger partial charge in [0.1, 0.15) is 24.2 Å². The highest BCUT2D eigenvalue weighted by molar-refractivity contribution is 6.32. The van der Waals surface area contributed by atoms with Crippen LogP contribution in [0.3, 0.4) is 0 Å². The number of anilines is 2. The molecule has 0 amide bonds. The number of fused-ring (bicyclic) bond motifs is 1. The summed E-state index contributed by atoms with van der Waals surface area (Å²) in [5.41, 5.74) is -3.44. The molecule has 2 aromatic carbocycles. The van der Waals surface area contributed by atoms with Crippen molar-refractivity contribution < 1.29 is 38.9 Å². The molecule has 9 heteroatoms. The number of nitrogens with one attached hydrogen (secondary N) is 1. The van der Waals surface area contributed by atoms with Crippen LogP contribution in [-0.2, 0) is 17.8 Å². The summed E-state index contributed by atoms with van der Waals surface area (Å²) < 4.78 is 159. The third-order valence-electron chi connectivity index (χ3n) is 4.97. The first-order valence-corrected chi connectivity index (χ1v) is 12.0. The molecule has 0 saturated carbocycles. The van der Waals surface area contributed by atoms with Crippen molar-refractivity contribution in [1.82, 2.24) is 14.9 Å². The largest absolute Gasteiger partial charge is 0.494 e. The lowest BCUT2D eigenvalue weighted by Gasteiger charge is -2.16. The van der Waals surface area contributed by atoms with Gasteiger partial charge in [-0.25, -0.2) is 0 Å². The number of ketones is 1. The number of ether oxygens (including phenoxy) is 2. The average Bonchev–Trinajstić information content (AvgIpc) is 3.15. The van der Waals surface area contributed by atoms with Crippen LogP contribution in [0.1, 0.15) is 54.0 Å². The van der Waals surface area contributed by atoms with Crippen molar-refractivity contribution in [3.05, 3.63) is 94.2 Å². The van der Waals surface area contributed by atoms with Gasteiger partial charge in [0.25, 0.3) is 0 Å². The Kier molecular flexibility index (Phi) is 4.68. The van der Waals surface area contributed by atoms with Crippen LogP contribution in [0.15, 0.2) is 66.6 Å². The molecular weight excluding hydrogens is 538 g/mol. The number of allylic oxidation sites excluding steroid dienone is 1. The topological polar surface area (TPSA) is 100 Å². The van der Waals surface area contributed by atoms with Crippen LogP contribution in [0.5, 0.6) is 11.5 Å². The Morgan fingerprint density at radius 3 is 2.90 bits per heavy atom. The van der Waals surface area contributed by atoms with E-state index in [-0.39, 0.29) is 17.4 Å². The molecule has 0 aliphatic carbocycles. The number of rotatable bonds is 12. The molecule has 0 saturated heterocycles.